The molecule has 1 aromatic rings. The van der Waals surface area contributed by atoms with Crippen LogP contribution in [-0.2, 0) is 12.3 Å². The number of carbonyl (C=O) groups is 1. The lowest BCUT2D eigenvalue weighted by Gasteiger charge is -2.26. The maximum absolute atomic E-state index is 13.4. The molecule has 80 valence electrons. The summed E-state index contributed by atoms with van der Waals surface area (Å²) in [7, 11) is 0. The molecule has 2 rings (SSSR count). The molecule has 2 nitrogen and oxygen atoms in total. The molecular formula is C11H10F2O2. The van der Waals surface area contributed by atoms with Crippen LogP contribution in [0, 0.1) is 0 Å². The summed E-state index contributed by atoms with van der Waals surface area (Å²) in [5, 5.41) is 8.87. The van der Waals surface area contributed by atoms with Gasteiger partial charge in [-0.3, -0.25) is 0 Å². The van der Waals surface area contributed by atoms with Crippen molar-refractivity contribution in [1.29, 1.82) is 0 Å². The lowest BCUT2D eigenvalue weighted by Crippen LogP contribution is -2.23. The zero-order valence-electron chi connectivity index (χ0n) is 7.96. The fourth-order valence-electron chi connectivity index (χ4n) is 2.02. The van der Waals surface area contributed by atoms with Gasteiger partial charge < -0.3 is 5.11 Å². The van der Waals surface area contributed by atoms with Gasteiger partial charge in [0.25, 0.3) is 5.92 Å². The fraction of sp³-hybridized carbons (Fsp3) is 0.364. The summed E-state index contributed by atoms with van der Waals surface area (Å²) in [4.78, 5) is 10.8. The van der Waals surface area contributed by atoms with Gasteiger partial charge >= 0.3 is 5.97 Å². The first-order chi connectivity index (χ1) is 7.02. The molecule has 0 saturated carbocycles. The number of benzene rings is 1. The van der Waals surface area contributed by atoms with Gasteiger partial charge in [-0.15, -0.1) is 0 Å². The summed E-state index contributed by atoms with van der Waals surface area (Å²) in [6.07, 6.45) is 0.570. The minimum Gasteiger partial charge on any atom is -0.478 e. The van der Waals surface area contributed by atoms with Crippen molar-refractivity contribution in [3.05, 3.63) is 34.9 Å². The van der Waals surface area contributed by atoms with Crippen molar-refractivity contribution in [2.45, 2.75) is 25.2 Å². The Morgan fingerprint density at radius 1 is 1.40 bits per heavy atom. The smallest absolute Gasteiger partial charge is 0.335 e. The Kier molecular flexibility index (Phi) is 2.21. The molecule has 0 atom stereocenters. The second kappa shape index (κ2) is 3.29. The predicted octanol–water partition coefficient (Wildman–Crippen LogP) is 2.81. The lowest BCUT2D eigenvalue weighted by molar-refractivity contribution is -0.0217. The largest absolute Gasteiger partial charge is 0.478 e. The van der Waals surface area contributed by atoms with E-state index in [0.29, 0.717) is 18.4 Å². The third-order valence-corrected chi connectivity index (χ3v) is 2.72. The first-order valence-corrected chi connectivity index (χ1v) is 4.76. The zero-order valence-corrected chi connectivity index (χ0v) is 7.96. The number of hydrogen-bond acceptors (Lipinski definition) is 1. The normalized spacial score (nSPS) is 18.3. The molecule has 0 heterocycles. The van der Waals surface area contributed by atoms with Crippen LogP contribution in [0.5, 0.6) is 0 Å². The number of carboxylic acid groups (broad SMARTS) is 1. The second-order valence-corrected chi connectivity index (χ2v) is 3.69. The molecule has 1 aliphatic carbocycles. The fourth-order valence-corrected chi connectivity index (χ4v) is 2.02. The van der Waals surface area contributed by atoms with Crippen LogP contribution in [0.4, 0.5) is 8.78 Å². The standard InChI is InChI=1S/C11H10F2O2/c12-11(13)6-2-4-7-8(10(14)15)3-1-5-9(7)11/h1,3,5H,2,4,6H2,(H,14,15). The SMILES string of the molecule is O=C(O)c1cccc2c1CCCC2(F)F. The Morgan fingerprint density at radius 3 is 2.80 bits per heavy atom. The average molecular weight is 212 g/mol. The highest BCUT2D eigenvalue weighted by Crippen LogP contribution is 2.40. The molecule has 4 heteroatoms. The van der Waals surface area contributed by atoms with E-state index >= 15 is 0 Å². The monoisotopic (exact) mass is 212 g/mol. The summed E-state index contributed by atoms with van der Waals surface area (Å²) in [5.74, 6) is -4.01. The quantitative estimate of drug-likeness (QED) is 0.777. The van der Waals surface area contributed by atoms with Crippen LogP contribution >= 0.6 is 0 Å². The molecule has 0 spiro atoms. The average Bonchev–Trinajstić information content (AvgIpc) is 2.16. The van der Waals surface area contributed by atoms with E-state index in [2.05, 4.69) is 0 Å². The van der Waals surface area contributed by atoms with Crippen molar-refractivity contribution < 1.29 is 18.7 Å². The van der Waals surface area contributed by atoms with Gasteiger partial charge in [0.1, 0.15) is 0 Å². The highest BCUT2D eigenvalue weighted by molar-refractivity contribution is 5.90. The first kappa shape index (κ1) is 10.1. The van der Waals surface area contributed by atoms with Crippen molar-refractivity contribution in [3.63, 3.8) is 0 Å². The molecule has 1 N–H and O–H groups in total. The van der Waals surface area contributed by atoms with Crippen LogP contribution in [-0.4, -0.2) is 11.1 Å². The van der Waals surface area contributed by atoms with Gasteiger partial charge in [0.2, 0.25) is 0 Å². The molecule has 1 aromatic carbocycles. The third-order valence-electron chi connectivity index (χ3n) is 2.72. The van der Waals surface area contributed by atoms with Crippen LogP contribution in [0.3, 0.4) is 0 Å². The van der Waals surface area contributed by atoms with Gasteiger partial charge in [-0.25, -0.2) is 13.6 Å². The molecule has 0 saturated heterocycles. The number of fused-ring (bicyclic) bond motifs is 1. The summed E-state index contributed by atoms with van der Waals surface area (Å²) < 4.78 is 26.9. The van der Waals surface area contributed by atoms with Gasteiger partial charge in [0, 0.05) is 12.0 Å². The molecule has 0 aliphatic heterocycles. The topological polar surface area (TPSA) is 37.3 Å². The molecule has 0 bridgehead atoms. The lowest BCUT2D eigenvalue weighted by atomic mass is 9.86. The van der Waals surface area contributed by atoms with Crippen LogP contribution < -0.4 is 0 Å². The third kappa shape index (κ3) is 1.60. The van der Waals surface area contributed by atoms with E-state index in [4.69, 9.17) is 5.11 Å². The zero-order chi connectivity index (χ0) is 11.1. The molecule has 0 aromatic heterocycles. The predicted molar refractivity (Wildman–Crippen MR) is 50.2 cm³/mol. The van der Waals surface area contributed by atoms with E-state index in [1.165, 1.54) is 18.2 Å². The Labute approximate surface area is 85.5 Å². The highest BCUT2D eigenvalue weighted by Gasteiger charge is 2.37. The van der Waals surface area contributed by atoms with Crippen molar-refractivity contribution in [2.24, 2.45) is 0 Å². The molecule has 0 amide bonds. The number of halogens is 2. The summed E-state index contributed by atoms with van der Waals surface area (Å²) in [5.41, 5.74) is 0.182. The maximum Gasteiger partial charge on any atom is 0.335 e. The van der Waals surface area contributed by atoms with Gasteiger partial charge in [-0.05, 0) is 24.5 Å². The van der Waals surface area contributed by atoms with Crippen LogP contribution in [0.25, 0.3) is 0 Å². The Balaban J connectivity index is 2.61. The van der Waals surface area contributed by atoms with Gasteiger partial charge in [0.15, 0.2) is 0 Å². The van der Waals surface area contributed by atoms with Crippen molar-refractivity contribution >= 4 is 5.97 Å². The number of hydrogen-bond donors (Lipinski definition) is 1. The van der Waals surface area contributed by atoms with Gasteiger partial charge in [-0.1, -0.05) is 12.1 Å². The van der Waals surface area contributed by atoms with Crippen LogP contribution in [0.1, 0.15) is 34.3 Å². The van der Waals surface area contributed by atoms with Gasteiger partial charge in [0.05, 0.1) is 5.56 Å². The van der Waals surface area contributed by atoms with E-state index in [0.717, 1.165) is 0 Å². The molecule has 1 aliphatic rings. The number of carboxylic acids is 1. The van der Waals surface area contributed by atoms with E-state index in [9.17, 15) is 13.6 Å². The van der Waals surface area contributed by atoms with Crippen molar-refractivity contribution in [3.8, 4) is 0 Å². The number of aromatic carboxylic acids is 1. The summed E-state index contributed by atoms with van der Waals surface area (Å²) in [6.45, 7) is 0. The molecule has 0 unspecified atom stereocenters. The second-order valence-electron chi connectivity index (χ2n) is 3.69. The highest BCUT2D eigenvalue weighted by atomic mass is 19.3. The molecule has 15 heavy (non-hydrogen) atoms. The maximum atomic E-state index is 13.4. The molecular weight excluding hydrogens is 202 g/mol. The number of rotatable bonds is 1. The molecule has 0 fully saturated rings. The van der Waals surface area contributed by atoms with Crippen molar-refractivity contribution in [1.82, 2.24) is 0 Å². The van der Waals surface area contributed by atoms with Crippen LogP contribution in [0.2, 0.25) is 0 Å². The first-order valence-electron chi connectivity index (χ1n) is 4.76. The minimum absolute atomic E-state index is 0.00637. The van der Waals surface area contributed by atoms with Crippen molar-refractivity contribution in [2.75, 3.05) is 0 Å². The summed E-state index contributed by atoms with van der Waals surface area (Å²) in [6, 6.07) is 4.07. The number of alkyl halides is 2. The Bertz CT molecular complexity index is 413. The Hall–Kier alpha value is -1.45. The van der Waals surface area contributed by atoms with E-state index in [-0.39, 0.29) is 17.5 Å². The van der Waals surface area contributed by atoms with E-state index < -0.39 is 11.9 Å². The van der Waals surface area contributed by atoms with Gasteiger partial charge in [-0.2, -0.15) is 0 Å². The van der Waals surface area contributed by atoms with Crippen LogP contribution in [0.15, 0.2) is 18.2 Å². The van der Waals surface area contributed by atoms with E-state index in [1.54, 1.807) is 0 Å². The van der Waals surface area contributed by atoms with E-state index in [1.807, 2.05) is 0 Å². The minimum atomic E-state index is -2.88. The molecule has 0 radical (unpaired) electrons. The Morgan fingerprint density at radius 2 is 2.13 bits per heavy atom. The summed E-state index contributed by atoms with van der Waals surface area (Å²) >= 11 is 0.